The number of hydrogen-bond donors (Lipinski definition) is 1. The molecule has 5 heteroatoms. The molecule has 2 aromatic rings. The highest BCUT2D eigenvalue weighted by atomic mass is 32.1. The summed E-state index contributed by atoms with van der Waals surface area (Å²) in [4.78, 5) is 12.5. The summed E-state index contributed by atoms with van der Waals surface area (Å²) < 4.78 is 0. The summed E-state index contributed by atoms with van der Waals surface area (Å²) in [6.07, 6.45) is 3.91. The van der Waals surface area contributed by atoms with Gasteiger partial charge >= 0.3 is 0 Å². The molecule has 2 rings (SSSR count). The van der Waals surface area contributed by atoms with E-state index in [9.17, 15) is 5.11 Å². The van der Waals surface area contributed by atoms with Crippen molar-refractivity contribution in [3.8, 4) is 0 Å². The normalized spacial score (nSPS) is 13.6. The summed E-state index contributed by atoms with van der Waals surface area (Å²) in [5.74, 6) is 0. The molecule has 1 unspecified atom stereocenters. The second kappa shape index (κ2) is 4.50. The van der Waals surface area contributed by atoms with Crippen LogP contribution in [0, 0.1) is 0 Å². The van der Waals surface area contributed by atoms with Crippen molar-refractivity contribution in [2.45, 2.75) is 32.3 Å². The average molecular weight is 249 g/mol. The fraction of sp³-hybridized carbons (Fsp3) is 0.417. The summed E-state index contributed by atoms with van der Waals surface area (Å²) in [5.41, 5.74) is 1.17. The number of hydrogen-bond acceptors (Lipinski definition) is 5. The largest absolute Gasteiger partial charge is 0.380 e. The second-order valence-electron chi connectivity index (χ2n) is 4.86. The lowest BCUT2D eigenvalue weighted by Gasteiger charge is -2.14. The first-order valence-corrected chi connectivity index (χ1v) is 6.26. The Balaban J connectivity index is 2.27. The van der Waals surface area contributed by atoms with Gasteiger partial charge < -0.3 is 5.11 Å². The Kier molecular flexibility index (Phi) is 3.22. The van der Waals surface area contributed by atoms with Gasteiger partial charge in [0.1, 0.15) is 6.10 Å². The molecule has 0 aliphatic carbocycles. The first kappa shape index (κ1) is 12.1. The zero-order valence-electron chi connectivity index (χ0n) is 10.1. The van der Waals surface area contributed by atoms with Gasteiger partial charge in [0.2, 0.25) is 0 Å². The van der Waals surface area contributed by atoms with Crippen molar-refractivity contribution in [2.75, 3.05) is 0 Å². The molecule has 0 saturated carbocycles. The van der Waals surface area contributed by atoms with E-state index in [1.54, 1.807) is 29.9 Å². The first-order valence-electron chi connectivity index (χ1n) is 5.38. The predicted octanol–water partition coefficient (Wildman–Crippen LogP) is 2.31. The molecule has 0 aliphatic rings. The van der Waals surface area contributed by atoms with Crippen LogP contribution in [0.5, 0.6) is 0 Å². The smallest absolute Gasteiger partial charge is 0.140 e. The number of thiazole rings is 1. The van der Waals surface area contributed by atoms with Gasteiger partial charge in [-0.3, -0.25) is 9.97 Å². The zero-order valence-corrected chi connectivity index (χ0v) is 10.9. The van der Waals surface area contributed by atoms with Crippen molar-refractivity contribution in [3.63, 3.8) is 0 Å². The van der Waals surface area contributed by atoms with E-state index < -0.39 is 6.10 Å². The highest BCUT2D eigenvalue weighted by Crippen LogP contribution is 2.29. The van der Waals surface area contributed by atoms with Crippen molar-refractivity contribution >= 4 is 11.3 Å². The lowest BCUT2D eigenvalue weighted by atomic mass is 9.98. The maximum atomic E-state index is 10.1. The lowest BCUT2D eigenvalue weighted by Crippen LogP contribution is -2.11. The third kappa shape index (κ3) is 2.68. The van der Waals surface area contributed by atoms with Crippen LogP contribution in [-0.4, -0.2) is 20.1 Å². The maximum Gasteiger partial charge on any atom is 0.140 e. The minimum Gasteiger partial charge on any atom is -0.380 e. The molecule has 2 aromatic heterocycles. The molecular formula is C12H15N3OS. The van der Waals surface area contributed by atoms with Crippen LogP contribution >= 0.6 is 11.3 Å². The molecule has 2 heterocycles. The Morgan fingerprint density at radius 1 is 1.24 bits per heavy atom. The van der Waals surface area contributed by atoms with Gasteiger partial charge in [0.25, 0.3) is 0 Å². The van der Waals surface area contributed by atoms with Crippen LogP contribution in [-0.2, 0) is 5.41 Å². The third-order valence-corrected chi connectivity index (χ3v) is 3.59. The molecule has 0 saturated heterocycles. The van der Waals surface area contributed by atoms with Crippen molar-refractivity contribution in [1.82, 2.24) is 15.0 Å². The number of rotatable bonds is 2. The minimum atomic E-state index is -0.795. The molecule has 0 fully saturated rings. The molecule has 1 atom stereocenters. The summed E-state index contributed by atoms with van der Waals surface area (Å²) in [5, 5.41) is 13.0. The van der Waals surface area contributed by atoms with Crippen LogP contribution < -0.4 is 0 Å². The standard InChI is InChI=1S/C12H15N3OS/c1-12(2,3)11-15-9(7-17-11)10(16)8-6-13-4-5-14-8/h4-7,10,16H,1-3H3. The van der Waals surface area contributed by atoms with E-state index in [0.29, 0.717) is 11.4 Å². The molecule has 1 N–H and O–H groups in total. The van der Waals surface area contributed by atoms with Crippen LogP contribution in [0.25, 0.3) is 0 Å². The van der Waals surface area contributed by atoms with Crippen LogP contribution in [0.1, 0.15) is 43.3 Å². The van der Waals surface area contributed by atoms with E-state index in [1.165, 1.54) is 0 Å². The summed E-state index contributed by atoms with van der Waals surface area (Å²) in [6.45, 7) is 6.30. The predicted molar refractivity (Wildman–Crippen MR) is 66.9 cm³/mol. The Morgan fingerprint density at radius 2 is 2.00 bits per heavy atom. The van der Waals surface area contributed by atoms with E-state index >= 15 is 0 Å². The molecular weight excluding hydrogens is 234 g/mol. The Hall–Kier alpha value is -1.33. The molecule has 0 spiro atoms. The van der Waals surface area contributed by atoms with E-state index in [1.807, 2.05) is 5.38 Å². The highest BCUT2D eigenvalue weighted by molar-refractivity contribution is 7.09. The van der Waals surface area contributed by atoms with Crippen LogP contribution in [0.4, 0.5) is 0 Å². The number of nitrogens with zero attached hydrogens (tertiary/aromatic N) is 3. The average Bonchev–Trinajstić information content (AvgIpc) is 2.78. The van der Waals surface area contributed by atoms with Gasteiger partial charge in [-0.05, 0) is 0 Å². The van der Waals surface area contributed by atoms with Gasteiger partial charge in [0.15, 0.2) is 0 Å². The van der Waals surface area contributed by atoms with Gasteiger partial charge in [-0.15, -0.1) is 11.3 Å². The van der Waals surface area contributed by atoms with Gasteiger partial charge in [-0.25, -0.2) is 4.98 Å². The number of aromatic nitrogens is 3. The Labute approximate surface area is 104 Å². The Morgan fingerprint density at radius 3 is 2.53 bits per heavy atom. The topological polar surface area (TPSA) is 58.9 Å². The summed E-state index contributed by atoms with van der Waals surface area (Å²) in [7, 11) is 0. The van der Waals surface area contributed by atoms with Gasteiger partial charge in [-0.2, -0.15) is 0 Å². The zero-order chi connectivity index (χ0) is 12.5. The van der Waals surface area contributed by atoms with Crippen LogP contribution in [0.15, 0.2) is 24.0 Å². The molecule has 0 aliphatic heterocycles. The quantitative estimate of drug-likeness (QED) is 0.887. The van der Waals surface area contributed by atoms with Crippen LogP contribution in [0.3, 0.4) is 0 Å². The van der Waals surface area contributed by atoms with Crippen molar-refractivity contribution in [2.24, 2.45) is 0 Å². The SMILES string of the molecule is CC(C)(C)c1nc(C(O)c2cnccn2)cs1. The molecule has 90 valence electrons. The molecule has 0 bridgehead atoms. The van der Waals surface area contributed by atoms with E-state index in [0.717, 1.165) is 5.01 Å². The molecule has 0 aromatic carbocycles. The summed E-state index contributed by atoms with van der Waals surface area (Å²) in [6, 6.07) is 0. The minimum absolute atomic E-state index is 0.00496. The van der Waals surface area contributed by atoms with Crippen molar-refractivity contribution in [1.29, 1.82) is 0 Å². The first-order chi connectivity index (χ1) is 7.98. The van der Waals surface area contributed by atoms with E-state index in [2.05, 4.69) is 35.7 Å². The van der Waals surface area contributed by atoms with Gasteiger partial charge in [0.05, 0.1) is 22.6 Å². The monoisotopic (exact) mass is 249 g/mol. The van der Waals surface area contributed by atoms with E-state index in [-0.39, 0.29) is 5.41 Å². The summed E-state index contributed by atoms with van der Waals surface area (Å²) >= 11 is 1.56. The highest BCUT2D eigenvalue weighted by Gasteiger charge is 2.21. The molecule has 4 nitrogen and oxygen atoms in total. The third-order valence-electron chi connectivity index (χ3n) is 2.31. The fourth-order valence-electron chi connectivity index (χ4n) is 1.36. The Bertz CT molecular complexity index is 490. The van der Waals surface area contributed by atoms with Gasteiger partial charge in [-0.1, -0.05) is 20.8 Å². The molecule has 17 heavy (non-hydrogen) atoms. The van der Waals surface area contributed by atoms with Crippen LogP contribution in [0.2, 0.25) is 0 Å². The maximum absolute atomic E-state index is 10.1. The molecule has 0 radical (unpaired) electrons. The van der Waals surface area contributed by atoms with Gasteiger partial charge in [0, 0.05) is 23.2 Å². The fourth-order valence-corrected chi connectivity index (χ4v) is 2.29. The second-order valence-corrected chi connectivity index (χ2v) is 5.72. The number of aliphatic hydroxyl groups is 1. The number of aliphatic hydroxyl groups excluding tert-OH is 1. The van der Waals surface area contributed by atoms with E-state index in [4.69, 9.17) is 0 Å². The van der Waals surface area contributed by atoms with Crippen molar-refractivity contribution in [3.05, 3.63) is 40.4 Å². The lowest BCUT2D eigenvalue weighted by molar-refractivity contribution is 0.210. The van der Waals surface area contributed by atoms with Crippen molar-refractivity contribution < 1.29 is 5.11 Å². The molecule has 0 amide bonds.